The summed E-state index contributed by atoms with van der Waals surface area (Å²) >= 11 is 0. The average molecular weight is 206 g/mol. The van der Waals surface area contributed by atoms with Crippen LogP contribution in [-0.2, 0) is 12.8 Å². The Kier molecular flexibility index (Phi) is 5.33. The molecule has 2 heteroatoms. The smallest absolute Gasteiger partial charge is 0.0404 e. The van der Waals surface area contributed by atoms with Crippen LogP contribution in [0, 0.1) is 0 Å². The molecule has 2 nitrogen and oxygen atoms in total. The summed E-state index contributed by atoms with van der Waals surface area (Å²) in [6.07, 6.45) is 5.30. The summed E-state index contributed by atoms with van der Waals surface area (Å²) in [4.78, 5) is 4.44. The van der Waals surface area contributed by atoms with E-state index in [0.717, 1.165) is 25.8 Å². The number of aromatic nitrogens is 1. The second-order valence-corrected chi connectivity index (χ2v) is 4.22. The van der Waals surface area contributed by atoms with Gasteiger partial charge in [-0.15, -0.1) is 0 Å². The van der Waals surface area contributed by atoms with Crippen LogP contribution < -0.4 is 5.32 Å². The number of nitrogens with one attached hydrogen (secondary N) is 1. The summed E-state index contributed by atoms with van der Waals surface area (Å²) in [5.41, 5.74) is 2.52. The van der Waals surface area contributed by atoms with Crippen molar-refractivity contribution >= 4 is 0 Å². The number of hydrogen-bond donors (Lipinski definition) is 1. The predicted molar refractivity (Wildman–Crippen MR) is 65.1 cm³/mol. The molecule has 0 atom stereocenters. The Bertz CT molecular complexity index is 264. The van der Waals surface area contributed by atoms with E-state index in [1.807, 2.05) is 6.20 Å². The molecule has 0 unspecified atom stereocenters. The van der Waals surface area contributed by atoms with Gasteiger partial charge in [-0.25, -0.2) is 0 Å². The van der Waals surface area contributed by atoms with Crippen molar-refractivity contribution in [1.29, 1.82) is 0 Å². The largest absolute Gasteiger partial charge is 0.315 e. The first-order chi connectivity index (χ1) is 7.22. The highest BCUT2D eigenvalue weighted by atomic mass is 14.9. The zero-order chi connectivity index (χ0) is 11.1. The summed E-state index contributed by atoms with van der Waals surface area (Å²) in [7, 11) is 0. The van der Waals surface area contributed by atoms with Crippen molar-refractivity contribution in [3.05, 3.63) is 29.6 Å². The molecule has 1 aromatic rings. The molecular weight excluding hydrogens is 184 g/mol. The Morgan fingerprint density at radius 3 is 2.67 bits per heavy atom. The fourth-order valence-electron chi connectivity index (χ4n) is 1.47. The molecule has 0 aliphatic heterocycles. The highest BCUT2D eigenvalue weighted by Gasteiger charge is 1.96. The van der Waals surface area contributed by atoms with Gasteiger partial charge < -0.3 is 5.32 Å². The Morgan fingerprint density at radius 1 is 1.33 bits per heavy atom. The molecule has 1 aromatic heterocycles. The van der Waals surface area contributed by atoms with E-state index in [9.17, 15) is 0 Å². The number of pyridine rings is 1. The lowest BCUT2D eigenvalue weighted by atomic mass is 10.1. The molecule has 0 saturated carbocycles. The zero-order valence-corrected chi connectivity index (χ0v) is 10.1. The highest BCUT2D eigenvalue weighted by Crippen LogP contribution is 2.03. The van der Waals surface area contributed by atoms with Crippen LogP contribution in [0.2, 0.25) is 0 Å². The van der Waals surface area contributed by atoms with Gasteiger partial charge in [0.25, 0.3) is 0 Å². The molecule has 0 aliphatic rings. The monoisotopic (exact) mass is 206 g/mol. The molecule has 0 bridgehead atoms. The average Bonchev–Trinajstić information content (AvgIpc) is 2.25. The van der Waals surface area contributed by atoms with Gasteiger partial charge in [0, 0.05) is 17.9 Å². The second kappa shape index (κ2) is 6.57. The normalized spacial score (nSPS) is 10.9. The van der Waals surface area contributed by atoms with Crippen molar-refractivity contribution in [2.45, 2.75) is 46.1 Å². The minimum atomic E-state index is 0.584. The van der Waals surface area contributed by atoms with Gasteiger partial charge in [-0.1, -0.05) is 26.8 Å². The van der Waals surface area contributed by atoms with Crippen molar-refractivity contribution in [2.75, 3.05) is 6.54 Å². The van der Waals surface area contributed by atoms with Crippen LogP contribution >= 0.6 is 0 Å². The third-order valence-corrected chi connectivity index (χ3v) is 2.46. The van der Waals surface area contributed by atoms with E-state index in [1.54, 1.807) is 0 Å². The lowest BCUT2D eigenvalue weighted by Gasteiger charge is -2.07. The molecule has 0 amide bonds. The maximum Gasteiger partial charge on any atom is 0.0404 e. The number of rotatable bonds is 6. The minimum Gasteiger partial charge on any atom is -0.315 e. The lowest BCUT2D eigenvalue weighted by Crippen LogP contribution is -2.23. The van der Waals surface area contributed by atoms with Gasteiger partial charge in [0.2, 0.25) is 0 Å². The third-order valence-electron chi connectivity index (χ3n) is 2.46. The van der Waals surface area contributed by atoms with Crippen LogP contribution in [0.5, 0.6) is 0 Å². The maximum atomic E-state index is 4.44. The quantitative estimate of drug-likeness (QED) is 0.724. The second-order valence-electron chi connectivity index (χ2n) is 4.22. The van der Waals surface area contributed by atoms with E-state index < -0.39 is 0 Å². The van der Waals surface area contributed by atoms with Crippen LogP contribution in [-0.4, -0.2) is 17.6 Å². The minimum absolute atomic E-state index is 0.584. The van der Waals surface area contributed by atoms with E-state index in [4.69, 9.17) is 0 Å². The summed E-state index contributed by atoms with van der Waals surface area (Å²) in [5, 5.41) is 3.41. The first-order valence-electron chi connectivity index (χ1n) is 5.89. The summed E-state index contributed by atoms with van der Waals surface area (Å²) < 4.78 is 0. The molecule has 0 saturated heterocycles. The van der Waals surface area contributed by atoms with E-state index in [-0.39, 0.29) is 0 Å². The molecule has 84 valence electrons. The van der Waals surface area contributed by atoms with Crippen LogP contribution in [0.15, 0.2) is 18.3 Å². The number of nitrogens with zero attached hydrogens (tertiary/aromatic N) is 1. The Labute approximate surface area is 93.1 Å². The molecule has 1 heterocycles. The summed E-state index contributed by atoms with van der Waals surface area (Å²) in [6.45, 7) is 7.58. The van der Waals surface area contributed by atoms with Crippen molar-refractivity contribution < 1.29 is 0 Å². The fourth-order valence-corrected chi connectivity index (χ4v) is 1.47. The van der Waals surface area contributed by atoms with E-state index >= 15 is 0 Å². The van der Waals surface area contributed by atoms with E-state index in [1.165, 1.54) is 11.3 Å². The van der Waals surface area contributed by atoms with Gasteiger partial charge in [0.1, 0.15) is 0 Å². The highest BCUT2D eigenvalue weighted by molar-refractivity contribution is 5.13. The Balaban J connectivity index is 2.25. The summed E-state index contributed by atoms with van der Waals surface area (Å²) in [5.74, 6) is 0. The van der Waals surface area contributed by atoms with Gasteiger partial charge >= 0.3 is 0 Å². The van der Waals surface area contributed by atoms with Gasteiger partial charge in [-0.2, -0.15) is 0 Å². The molecule has 0 aromatic carbocycles. The zero-order valence-electron chi connectivity index (χ0n) is 10.1. The SMILES string of the molecule is CCc1ccc(CCCNC(C)C)nc1. The molecular formula is C13H22N2. The first kappa shape index (κ1) is 12.2. The van der Waals surface area contributed by atoms with Crippen LogP contribution in [0.4, 0.5) is 0 Å². The molecule has 0 spiro atoms. The van der Waals surface area contributed by atoms with Crippen LogP contribution in [0.1, 0.15) is 38.4 Å². The Hall–Kier alpha value is -0.890. The molecule has 15 heavy (non-hydrogen) atoms. The van der Waals surface area contributed by atoms with Crippen molar-refractivity contribution in [2.24, 2.45) is 0 Å². The van der Waals surface area contributed by atoms with Crippen LogP contribution in [0.3, 0.4) is 0 Å². The Morgan fingerprint density at radius 2 is 2.13 bits per heavy atom. The first-order valence-corrected chi connectivity index (χ1v) is 5.89. The van der Waals surface area contributed by atoms with Crippen molar-refractivity contribution in [1.82, 2.24) is 10.3 Å². The molecule has 0 radical (unpaired) electrons. The topological polar surface area (TPSA) is 24.9 Å². The predicted octanol–water partition coefficient (Wildman–Crippen LogP) is 2.57. The van der Waals surface area contributed by atoms with Gasteiger partial charge in [-0.05, 0) is 37.4 Å². The summed E-state index contributed by atoms with van der Waals surface area (Å²) in [6, 6.07) is 4.91. The molecule has 1 N–H and O–H groups in total. The van der Waals surface area contributed by atoms with Gasteiger partial charge in [-0.3, -0.25) is 4.98 Å². The molecule has 0 aliphatic carbocycles. The van der Waals surface area contributed by atoms with Crippen LogP contribution in [0.25, 0.3) is 0 Å². The van der Waals surface area contributed by atoms with E-state index in [2.05, 4.69) is 43.2 Å². The van der Waals surface area contributed by atoms with E-state index in [0.29, 0.717) is 6.04 Å². The van der Waals surface area contributed by atoms with Gasteiger partial charge in [0.05, 0.1) is 0 Å². The molecule has 0 fully saturated rings. The molecule has 1 rings (SSSR count). The standard InChI is InChI=1S/C13H22N2/c1-4-12-7-8-13(15-10-12)6-5-9-14-11(2)3/h7-8,10-11,14H,4-6,9H2,1-3H3. The third kappa shape index (κ3) is 4.93. The van der Waals surface area contributed by atoms with Crippen molar-refractivity contribution in [3.8, 4) is 0 Å². The number of aryl methyl sites for hydroxylation is 2. The fraction of sp³-hybridized carbons (Fsp3) is 0.615. The van der Waals surface area contributed by atoms with Gasteiger partial charge in [0.15, 0.2) is 0 Å². The maximum absolute atomic E-state index is 4.44. The lowest BCUT2D eigenvalue weighted by molar-refractivity contribution is 0.568. The van der Waals surface area contributed by atoms with Crippen molar-refractivity contribution in [3.63, 3.8) is 0 Å². The number of hydrogen-bond acceptors (Lipinski definition) is 2.